The largest absolute Gasteiger partial charge is 0.497 e. The molecule has 0 bridgehead atoms. The Kier molecular flexibility index (Phi) is 5.85. The van der Waals surface area contributed by atoms with Crippen molar-refractivity contribution in [3.05, 3.63) is 46.8 Å². The summed E-state index contributed by atoms with van der Waals surface area (Å²) in [5.41, 5.74) is 3.18. The van der Waals surface area contributed by atoms with Crippen LogP contribution in [0, 0.1) is 13.8 Å². The second kappa shape index (κ2) is 8.13. The van der Waals surface area contributed by atoms with E-state index >= 15 is 0 Å². The number of carbonyl (C=O) groups is 1. The summed E-state index contributed by atoms with van der Waals surface area (Å²) in [7, 11) is 5.84. The number of rotatable bonds is 6. The third kappa shape index (κ3) is 4.16. The van der Waals surface area contributed by atoms with Crippen LogP contribution in [0.4, 0.5) is 0 Å². The predicted octanol–water partition coefficient (Wildman–Crippen LogP) is 2.79. The Balaban J connectivity index is 1.68. The average Bonchev–Trinajstić information content (AvgIpc) is 3.24. The number of hydrogen-bond donors (Lipinski definition) is 0. The molecule has 1 saturated heterocycles. The van der Waals surface area contributed by atoms with Crippen LogP contribution in [0.5, 0.6) is 5.75 Å². The van der Waals surface area contributed by atoms with Crippen molar-refractivity contribution in [2.75, 3.05) is 34.3 Å². The maximum Gasteiger partial charge on any atom is 0.222 e. The summed E-state index contributed by atoms with van der Waals surface area (Å²) < 4.78 is 10.5. The highest BCUT2D eigenvalue weighted by Gasteiger charge is 2.37. The molecule has 1 aromatic carbocycles. The number of likely N-dealkylation sites (tertiary alicyclic amines) is 1. The van der Waals surface area contributed by atoms with Gasteiger partial charge in [0.1, 0.15) is 11.5 Å². The van der Waals surface area contributed by atoms with Crippen molar-refractivity contribution >= 4 is 5.91 Å². The number of aromatic nitrogens is 1. The van der Waals surface area contributed by atoms with Gasteiger partial charge in [-0.05, 0) is 52.1 Å². The summed E-state index contributed by atoms with van der Waals surface area (Å²) in [6.07, 6.45) is 1.16. The Hall–Kier alpha value is -2.34. The van der Waals surface area contributed by atoms with Crippen LogP contribution in [0.25, 0.3) is 0 Å². The van der Waals surface area contributed by atoms with E-state index in [-0.39, 0.29) is 5.91 Å². The van der Waals surface area contributed by atoms with E-state index in [1.807, 2.05) is 30.9 Å². The molecule has 1 aliphatic rings. The molecule has 2 atom stereocenters. The summed E-state index contributed by atoms with van der Waals surface area (Å²) in [5, 5.41) is 3.98. The number of carbonyl (C=O) groups excluding carboxylic acids is 1. The van der Waals surface area contributed by atoms with E-state index in [0.29, 0.717) is 24.8 Å². The van der Waals surface area contributed by atoms with Crippen LogP contribution in [0.2, 0.25) is 0 Å². The van der Waals surface area contributed by atoms with Crippen molar-refractivity contribution in [3.8, 4) is 5.75 Å². The van der Waals surface area contributed by atoms with Gasteiger partial charge in [-0.3, -0.25) is 4.79 Å². The fourth-order valence-corrected chi connectivity index (χ4v) is 3.94. The summed E-state index contributed by atoms with van der Waals surface area (Å²) in [6, 6.07) is 8.50. The van der Waals surface area contributed by atoms with Gasteiger partial charge in [-0.15, -0.1) is 0 Å². The highest BCUT2D eigenvalue weighted by molar-refractivity contribution is 5.77. The predicted molar refractivity (Wildman–Crippen MR) is 104 cm³/mol. The monoisotopic (exact) mass is 371 g/mol. The van der Waals surface area contributed by atoms with Crippen molar-refractivity contribution in [2.24, 2.45) is 0 Å². The number of nitrogens with zero attached hydrogens (tertiary/aromatic N) is 3. The van der Waals surface area contributed by atoms with E-state index in [9.17, 15) is 4.79 Å². The quantitative estimate of drug-likeness (QED) is 0.781. The number of benzene rings is 1. The van der Waals surface area contributed by atoms with Crippen LogP contribution in [0.1, 0.15) is 34.9 Å². The van der Waals surface area contributed by atoms with E-state index in [0.717, 1.165) is 35.9 Å². The van der Waals surface area contributed by atoms with E-state index in [4.69, 9.17) is 9.26 Å². The van der Waals surface area contributed by atoms with Crippen molar-refractivity contribution in [1.82, 2.24) is 15.0 Å². The highest BCUT2D eigenvalue weighted by atomic mass is 16.5. The Morgan fingerprint density at radius 3 is 2.52 bits per heavy atom. The summed E-state index contributed by atoms with van der Waals surface area (Å²) in [6.45, 7) is 5.32. The molecule has 1 amide bonds. The number of methoxy groups -OCH3 is 1. The minimum atomic E-state index is 0.192. The van der Waals surface area contributed by atoms with Gasteiger partial charge in [0.15, 0.2) is 0 Å². The lowest BCUT2D eigenvalue weighted by atomic mass is 9.93. The Bertz CT molecular complexity index is 763. The van der Waals surface area contributed by atoms with E-state index in [1.54, 1.807) is 7.11 Å². The zero-order chi connectivity index (χ0) is 19.6. The first-order valence-corrected chi connectivity index (χ1v) is 9.40. The second-order valence-corrected chi connectivity index (χ2v) is 7.51. The maximum atomic E-state index is 12.8. The van der Waals surface area contributed by atoms with Gasteiger partial charge in [0.05, 0.1) is 12.8 Å². The number of ether oxygens (including phenoxy) is 1. The van der Waals surface area contributed by atoms with E-state index < -0.39 is 0 Å². The molecule has 27 heavy (non-hydrogen) atoms. The molecule has 1 aliphatic heterocycles. The lowest BCUT2D eigenvalue weighted by Crippen LogP contribution is -2.35. The van der Waals surface area contributed by atoms with Gasteiger partial charge in [0.25, 0.3) is 0 Å². The SMILES string of the molecule is COc1ccc([C@@H]2CN(C(=O)CCc3c(C)noc3C)C[C@H]2N(C)C)cc1. The standard InChI is InChI=1S/C21H29N3O3/c1-14-18(15(2)27-22-14)10-11-21(25)24-12-19(20(13-24)23(3)4)16-6-8-17(26-5)9-7-16/h6-9,19-20H,10-13H2,1-5H3/t19-,20+/m0/s1. The lowest BCUT2D eigenvalue weighted by Gasteiger charge is -2.25. The first kappa shape index (κ1) is 19.4. The molecule has 2 heterocycles. The molecule has 0 unspecified atom stereocenters. The zero-order valence-corrected chi connectivity index (χ0v) is 16.9. The first-order valence-electron chi connectivity index (χ1n) is 9.40. The molecule has 2 aromatic rings. The van der Waals surface area contributed by atoms with Crippen LogP contribution in [0.15, 0.2) is 28.8 Å². The third-order valence-electron chi connectivity index (χ3n) is 5.62. The molecule has 0 aliphatic carbocycles. The van der Waals surface area contributed by atoms with Gasteiger partial charge in [-0.2, -0.15) is 0 Å². The van der Waals surface area contributed by atoms with Crippen molar-refractivity contribution in [3.63, 3.8) is 0 Å². The minimum absolute atomic E-state index is 0.192. The minimum Gasteiger partial charge on any atom is -0.497 e. The number of aryl methyl sites for hydroxylation is 2. The van der Waals surface area contributed by atoms with Gasteiger partial charge in [0.2, 0.25) is 5.91 Å². The summed E-state index contributed by atoms with van der Waals surface area (Å²) in [5.74, 6) is 2.15. The Morgan fingerprint density at radius 2 is 1.96 bits per heavy atom. The van der Waals surface area contributed by atoms with Gasteiger partial charge in [-0.25, -0.2) is 0 Å². The van der Waals surface area contributed by atoms with Gasteiger partial charge in [-0.1, -0.05) is 17.3 Å². The van der Waals surface area contributed by atoms with Gasteiger partial charge in [0, 0.05) is 37.0 Å². The van der Waals surface area contributed by atoms with Crippen molar-refractivity contribution < 1.29 is 14.1 Å². The zero-order valence-electron chi connectivity index (χ0n) is 16.9. The lowest BCUT2D eigenvalue weighted by molar-refractivity contribution is -0.130. The van der Waals surface area contributed by atoms with Crippen molar-refractivity contribution in [2.45, 2.75) is 38.6 Å². The molecule has 146 valence electrons. The molecule has 0 saturated carbocycles. The molecule has 1 aromatic heterocycles. The number of hydrogen-bond acceptors (Lipinski definition) is 5. The van der Waals surface area contributed by atoms with Crippen molar-refractivity contribution in [1.29, 1.82) is 0 Å². The molecule has 6 heteroatoms. The third-order valence-corrected chi connectivity index (χ3v) is 5.62. The smallest absolute Gasteiger partial charge is 0.222 e. The molecular weight excluding hydrogens is 342 g/mol. The van der Waals surface area contributed by atoms with Gasteiger partial charge >= 0.3 is 0 Å². The van der Waals surface area contributed by atoms with Gasteiger partial charge < -0.3 is 19.1 Å². The first-order chi connectivity index (χ1) is 12.9. The molecule has 6 nitrogen and oxygen atoms in total. The van der Waals surface area contributed by atoms with Crippen LogP contribution >= 0.6 is 0 Å². The van der Waals surface area contributed by atoms with E-state index in [1.165, 1.54) is 5.56 Å². The Morgan fingerprint density at radius 1 is 1.26 bits per heavy atom. The molecular formula is C21H29N3O3. The molecule has 0 spiro atoms. The Labute approximate surface area is 161 Å². The van der Waals surface area contributed by atoms with E-state index in [2.05, 4.69) is 36.3 Å². The van der Waals surface area contributed by atoms with Crippen LogP contribution in [-0.4, -0.2) is 61.2 Å². The maximum absolute atomic E-state index is 12.8. The molecule has 1 fully saturated rings. The normalized spacial score (nSPS) is 19.7. The second-order valence-electron chi connectivity index (χ2n) is 7.51. The highest BCUT2D eigenvalue weighted by Crippen LogP contribution is 2.32. The number of likely N-dealkylation sites (N-methyl/N-ethyl adjacent to an activating group) is 1. The summed E-state index contributed by atoms with van der Waals surface area (Å²) in [4.78, 5) is 17.1. The fourth-order valence-electron chi connectivity index (χ4n) is 3.94. The molecule has 0 radical (unpaired) electrons. The average molecular weight is 371 g/mol. The topological polar surface area (TPSA) is 58.8 Å². The number of amides is 1. The van der Waals surface area contributed by atoms with Crippen LogP contribution < -0.4 is 4.74 Å². The van der Waals surface area contributed by atoms with Crippen LogP contribution in [0.3, 0.4) is 0 Å². The van der Waals surface area contributed by atoms with Crippen LogP contribution in [-0.2, 0) is 11.2 Å². The fraction of sp³-hybridized carbons (Fsp3) is 0.524. The molecule has 0 N–H and O–H groups in total. The molecule has 3 rings (SSSR count). The summed E-state index contributed by atoms with van der Waals surface area (Å²) >= 11 is 0.